The van der Waals surface area contributed by atoms with Crippen LogP contribution >= 0.6 is 12.6 Å². The van der Waals surface area contributed by atoms with Crippen molar-refractivity contribution in [1.82, 2.24) is 9.55 Å². The van der Waals surface area contributed by atoms with E-state index in [9.17, 15) is 9.59 Å². The fourth-order valence-corrected chi connectivity index (χ4v) is 2.04. The molecule has 1 aromatic carbocycles. The zero-order valence-electron chi connectivity index (χ0n) is 13.9. The van der Waals surface area contributed by atoms with Gasteiger partial charge >= 0.3 is 12.1 Å². The first-order chi connectivity index (χ1) is 11.3. The first kappa shape index (κ1) is 18.1. The number of thiol groups is 1. The van der Waals surface area contributed by atoms with E-state index >= 15 is 0 Å². The molecule has 0 atom stereocenters. The lowest BCUT2D eigenvalue weighted by molar-refractivity contribution is 0.0523. The van der Waals surface area contributed by atoms with Gasteiger partial charge in [0.15, 0.2) is 0 Å². The van der Waals surface area contributed by atoms with E-state index in [0.717, 1.165) is 0 Å². The van der Waals surface area contributed by atoms with Gasteiger partial charge in [0.1, 0.15) is 18.0 Å². The predicted molar refractivity (Wildman–Crippen MR) is 93.4 cm³/mol. The van der Waals surface area contributed by atoms with Gasteiger partial charge in [0.25, 0.3) is 0 Å². The zero-order chi connectivity index (χ0) is 17.7. The van der Waals surface area contributed by atoms with Gasteiger partial charge in [-0.1, -0.05) is 12.1 Å². The molecule has 0 unspecified atom stereocenters. The molecule has 0 aliphatic heterocycles. The van der Waals surface area contributed by atoms with Crippen LogP contribution in [0.15, 0.2) is 36.7 Å². The van der Waals surface area contributed by atoms with Gasteiger partial charge in [0.2, 0.25) is 0 Å². The number of nitrogens with zero attached hydrogens (tertiary/aromatic N) is 2. The smallest absolute Gasteiger partial charge is 0.420 e. The third-order valence-electron chi connectivity index (χ3n) is 2.93. The van der Waals surface area contributed by atoms with Crippen molar-refractivity contribution < 1.29 is 19.1 Å². The van der Waals surface area contributed by atoms with Crippen LogP contribution in [0.3, 0.4) is 0 Å². The van der Waals surface area contributed by atoms with Crippen LogP contribution in [0.5, 0.6) is 0 Å². The van der Waals surface area contributed by atoms with Gasteiger partial charge in [-0.2, -0.15) is 12.6 Å². The topological polar surface area (TPSA) is 70.4 Å². The highest BCUT2D eigenvalue weighted by molar-refractivity contribution is 7.80. The second-order valence-corrected chi connectivity index (χ2v) is 6.49. The van der Waals surface area contributed by atoms with E-state index in [1.54, 1.807) is 45.0 Å². The number of hydrogen-bond acceptors (Lipinski definition) is 6. The standard InChI is InChI=1S/C17H20N2O4S/c1-17(2,3)23-16(21)19-9-8-18-14(19)12-4-6-13(7-5-12)15(20)22-10-11-24/h4-9,24H,10-11H2,1-3H3. The summed E-state index contributed by atoms with van der Waals surface area (Å²) >= 11 is 3.99. The molecule has 0 aliphatic rings. The van der Waals surface area contributed by atoms with Gasteiger partial charge in [-0.3, -0.25) is 0 Å². The quantitative estimate of drug-likeness (QED) is 0.677. The minimum absolute atomic E-state index is 0.257. The number of esters is 1. The van der Waals surface area contributed by atoms with Crippen molar-refractivity contribution in [2.75, 3.05) is 12.4 Å². The Morgan fingerprint density at radius 3 is 2.46 bits per heavy atom. The molecule has 0 spiro atoms. The first-order valence-electron chi connectivity index (χ1n) is 7.47. The Kier molecular flexibility index (Phi) is 5.66. The Morgan fingerprint density at radius 1 is 1.21 bits per heavy atom. The van der Waals surface area contributed by atoms with Crippen molar-refractivity contribution in [1.29, 1.82) is 0 Å². The first-order valence-corrected chi connectivity index (χ1v) is 8.10. The van der Waals surface area contributed by atoms with Crippen LogP contribution in [0.1, 0.15) is 31.1 Å². The summed E-state index contributed by atoms with van der Waals surface area (Å²) in [5.41, 5.74) is 0.520. The maximum absolute atomic E-state index is 12.2. The summed E-state index contributed by atoms with van der Waals surface area (Å²) in [4.78, 5) is 28.2. The Hall–Kier alpha value is -2.28. The monoisotopic (exact) mass is 348 g/mol. The average molecular weight is 348 g/mol. The van der Waals surface area contributed by atoms with E-state index in [4.69, 9.17) is 9.47 Å². The molecule has 128 valence electrons. The van der Waals surface area contributed by atoms with Gasteiger partial charge in [0.05, 0.1) is 5.56 Å². The maximum atomic E-state index is 12.2. The Bertz CT molecular complexity index is 717. The van der Waals surface area contributed by atoms with E-state index in [-0.39, 0.29) is 6.61 Å². The fraction of sp³-hybridized carbons (Fsp3) is 0.353. The highest BCUT2D eigenvalue weighted by Gasteiger charge is 2.20. The van der Waals surface area contributed by atoms with Crippen LogP contribution in [-0.2, 0) is 9.47 Å². The van der Waals surface area contributed by atoms with Crippen molar-refractivity contribution >= 4 is 24.7 Å². The molecule has 0 N–H and O–H groups in total. The van der Waals surface area contributed by atoms with Crippen molar-refractivity contribution in [3.05, 3.63) is 42.2 Å². The Labute approximate surface area is 146 Å². The third-order valence-corrected chi connectivity index (χ3v) is 3.12. The van der Waals surface area contributed by atoms with E-state index in [0.29, 0.717) is 22.7 Å². The molecular weight excluding hydrogens is 328 g/mol. The minimum atomic E-state index is -0.598. The van der Waals surface area contributed by atoms with Crippen LogP contribution in [0, 0.1) is 0 Å². The summed E-state index contributed by atoms with van der Waals surface area (Å²) < 4.78 is 11.7. The van der Waals surface area contributed by atoms with Crippen LogP contribution in [0.2, 0.25) is 0 Å². The molecule has 1 aromatic heterocycles. The lowest BCUT2D eigenvalue weighted by atomic mass is 10.1. The van der Waals surface area contributed by atoms with Gasteiger partial charge in [0, 0.05) is 23.7 Å². The molecule has 1 heterocycles. The average Bonchev–Trinajstić information content (AvgIpc) is 3.01. The molecule has 0 radical (unpaired) electrons. The molecule has 24 heavy (non-hydrogen) atoms. The molecule has 6 nitrogen and oxygen atoms in total. The molecule has 0 fully saturated rings. The lowest BCUT2D eigenvalue weighted by Gasteiger charge is -2.20. The van der Waals surface area contributed by atoms with Crippen LogP contribution in [0.4, 0.5) is 4.79 Å². The van der Waals surface area contributed by atoms with Gasteiger partial charge in [-0.25, -0.2) is 19.1 Å². The minimum Gasteiger partial charge on any atom is -0.461 e. The lowest BCUT2D eigenvalue weighted by Crippen LogP contribution is -2.27. The molecule has 0 amide bonds. The maximum Gasteiger partial charge on any atom is 0.420 e. The summed E-state index contributed by atoms with van der Waals surface area (Å²) in [6.45, 7) is 5.65. The van der Waals surface area contributed by atoms with E-state index in [2.05, 4.69) is 17.6 Å². The van der Waals surface area contributed by atoms with Gasteiger partial charge in [-0.15, -0.1) is 0 Å². The van der Waals surface area contributed by atoms with Crippen LogP contribution in [0.25, 0.3) is 11.4 Å². The van der Waals surface area contributed by atoms with Crippen molar-refractivity contribution in [2.45, 2.75) is 26.4 Å². The molecule has 7 heteroatoms. The number of hydrogen-bond donors (Lipinski definition) is 1. The fourth-order valence-electron chi connectivity index (χ4n) is 1.95. The molecular formula is C17H20N2O4S. The summed E-state index contributed by atoms with van der Waals surface area (Å²) in [6, 6.07) is 6.68. The molecule has 0 saturated carbocycles. The largest absolute Gasteiger partial charge is 0.461 e. The number of rotatable bonds is 4. The molecule has 0 aliphatic carbocycles. The second-order valence-electron chi connectivity index (χ2n) is 6.04. The highest BCUT2D eigenvalue weighted by atomic mass is 32.1. The summed E-state index contributed by atoms with van der Waals surface area (Å²) in [6.07, 6.45) is 2.55. The third kappa shape index (κ3) is 4.61. The van der Waals surface area contributed by atoms with Gasteiger partial charge in [-0.05, 0) is 32.9 Å². The zero-order valence-corrected chi connectivity index (χ0v) is 14.7. The van der Waals surface area contributed by atoms with E-state index < -0.39 is 17.7 Å². The molecule has 0 saturated heterocycles. The van der Waals surface area contributed by atoms with E-state index in [1.165, 1.54) is 17.0 Å². The summed E-state index contributed by atoms with van der Waals surface area (Å²) in [7, 11) is 0. The number of ether oxygens (including phenoxy) is 2. The number of benzene rings is 1. The number of imidazole rings is 1. The molecule has 2 aromatic rings. The van der Waals surface area contributed by atoms with Crippen LogP contribution < -0.4 is 0 Å². The normalized spacial score (nSPS) is 11.2. The summed E-state index contributed by atoms with van der Waals surface area (Å²) in [5, 5.41) is 0. The SMILES string of the molecule is CC(C)(C)OC(=O)n1ccnc1-c1ccc(C(=O)OCCS)cc1. The van der Waals surface area contributed by atoms with Crippen molar-refractivity contribution in [3.8, 4) is 11.4 Å². The Morgan fingerprint density at radius 2 is 1.88 bits per heavy atom. The van der Waals surface area contributed by atoms with Crippen LogP contribution in [-0.4, -0.2) is 39.6 Å². The van der Waals surface area contributed by atoms with Crippen molar-refractivity contribution in [2.24, 2.45) is 0 Å². The van der Waals surface area contributed by atoms with Gasteiger partial charge < -0.3 is 9.47 Å². The van der Waals surface area contributed by atoms with E-state index in [1.807, 2.05) is 0 Å². The number of carbonyl (C=O) groups is 2. The van der Waals surface area contributed by atoms with Crippen molar-refractivity contribution in [3.63, 3.8) is 0 Å². The highest BCUT2D eigenvalue weighted by Crippen LogP contribution is 2.20. The Balaban J connectivity index is 2.20. The summed E-state index contributed by atoms with van der Waals surface area (Å²) in [5.74, 6) is 0.502. The number of aromatic nitrogens is 2. The number of carbonyl (C=O) groups excluding carboxylic acids is 2. The predicted octanol–water partition coefficient (Wildman–Crippen LogP) is 3.42. The second kappa shape index (κ2) is 7.53. The molecule has 0 bridgehead atoms. The molecule has 2 rings (SSSR count).